The van der Waals surface area contributed by atoms with Gasteiger partial charge in [0.05, 0.1) is 23.2 Å². The summed E-state index contributed by atoms with van der Waals surface area (Å²) in [6.07, 6.45) is 3.94. The molecule has 1 aliphatic rings. The van der Waals surface area contributed by atoms with Gasteiger partial charge in [-0.2, -0.15) is 5.10 Å². The van der Waals surface area contributed by atoms with Gasteiger partial charge in [0, 0.05) is 16.8 Å². The number of fused-ring (bicyclic) bond motifs is 1. The highest BCUT2D eigenvalue weighted by molar-refractivity contribution is 7.91. The Balaban J connectivity index is 1.59. The monoisotopic (exact) mass is 394 g/mol. The number of aromatic nitrogens is 2. The molecule has 2 aromatic carbocycles. The molecule has 0 radical (unpaired) electrons. The molecule has 0 bridgehead atoms. The number of sulfone groups is 1. The summed E-state index contributed by atoms with van der Waals surface area (Å²) in [5.74, 6) is 0.274. The van der Waals surface area contributed by atoms with Crippen molar-refractivity contribution in [3.8, 4) is 0 Å². The molecule has 1 saturated heterocycles. The van der Waals surface area contributed by atoms with Gasteiger partial charge in [0.2, 0.25) is 0 Å². The minimum atomic E-state index is -2.98. The van der Waals surface area contributed by atoms with Crippen LogP contribution in [0.5, 0.6) is 0 Å². The Morgan fingerprint density at radius 3 is 2.61 bits per heavy atom. The fourth-order valence-electron chi connectivity index (χ4n) is 3.84. The zero-order valence-electron chi connectivity index (χ0n) is 15.9. The fourth-order valence-corrected chi connectivity index (χ4v) is 5.53. The summed E-state index contributed by atoms with van der Waals surface area (Å²) in [5, 5.41) is 6.67. The SMILES string of the molecule is Cc1nn([C@@H]2CCS(=O)(=O)C2)c(C)c1/C=C/C(=O)c1ccc2ccccc2c1. The number of carbonyl (C=O) groups excluding carboxylic acids is 1. The van der Waals surface area contributed by atoms with Gasteiger partial charge in [-0.1, -0.05) is 36.4 Å². The third kappa shape index (κ3) is 3.52. The van der Waals surface area contributed by atoms with Crippen LogP contribution in [0.15, 0.2) is 48.5 Å². The molecule has 0 amide bonds. The Hall–Kier alpha value is -2.73. The first-order chi connectivity index (χ1) is 13.3. The lowest BCUT2D eigenvalue weighted by molar-refractivity contribution is 0.104. The smallest absolute Gasteiger partial charge is 0.185 e. The molecule has 1 aliphatic heterocycles. The van der Waals surface area contributed by atoms with Crippen molar-refractivity contribution < 1.29 is 13.2 Å². The molecule has 4 rings (SSSR count). The first-order valence-corrected chi connectivity index (χ1v) is 11.1. The molecule has 0 N–H and O–H groups in total. The van der Waals surface area contributed by atoms with Crippen LogP contribution in [-0.4, -0.2) is 35.5 Å². The van der Waals surface area contributed by atoms with E-state index in [0.717, 1.165) is 27.7 Å². The number of nitrogens with zero attached hydrogens (tertiary/aromatic N) is 2. The van der Waals surface area contributed by atoms with Crippen LogP contribution in [0.4, 0.5) is 0 Å². The molecule has 1 atom stereocenters. The van der Waals surface area contributed by atoms with Gasteiger partial charge in [0.25, 0.3) is 0 Å². The Bertz CT molecular complexity index is 1210. The number of allylic oxidation sites excluding steroid dienone is 1. The second-order valence-electron chi connectivity index (χ2n) is 7.35. The summed E-state index contributed by atoms with van der Waals surface area (Å²) in [5.41, 5.74) is 3.20. The number of hydrogen-bond donors (Lipinski definition) is 0. The van der Waals surface area contributed by atoms with Crippen molar-refractivity contribution >= 4 is 32.5 Å². The number of aryl methyl sites for hydroxylation is 1. The number of carbonyl (C=O) groups is 1. The van der Waals surface area contributed by atoms with Crippen LogP contribution in [0, 0.1) is 13.8 Å². The van der Waals surface area contributed by atoms with E-state index in [1.54, 1.807) is 16.8 Å². The summed E-state index contributed by atoms with van der Waals surface area (Å²) in [6.45, 7) is 3.80. The lowest BCUT2D eigenvalue weighted by Crippen LogP contribution is -2.13. The second-order valence-corrected chi connectivity index (χ2v) is 9.57. The first-order valence-electron chi connectivity index (χ1n) is 9.31. The average Bonchev–Trinajstić information content (AvgIpc) is 3.18. The van der Waals surface area contributed by atoms with E-state index in [1.807, 2.05) is 56.3 Å². The molecular weight excluding hydrogens is 372 g/mol. The summed E-state index contributed by atoms with van der Waals surface area (Å²) in [6, 6.07) is 13.5. The van der Waals surface area contributed by atoms with Crippen LogP contribution in [-0.2, 0) is 9.84 Å². The van der Waals surface area contributed by atoms with E-state index in [1.165, 1.54) is 0 Å². The van der Waals surface area contributed by atoms with E-state index >= 15 is 0 Å². The van der Waals surface area contributed by atoms with E-state index in [2.05, 4.69) is 5.10 Å². The average molecular weight is 394 g/mol. The van der Waals surface area contributed by atoms with E-state index in [0.29, 0.717) is 12.0 Å². The molecule has 2 heterocycles. The lowest BCUT2D eigenvalue weighted by Gasteiger charge is -2.10. The van der Waals surface area contributed by atoms with Crippen LogP contribution in [0.3, 0.4) is 0 Å². The highest BCUT2D eigenvalue weighted by Crippen LogP contribution is 2.27. The van der Waals surface area contributed by atoms with Crippen molar-refractivity contribution in [2.24, 2.45) is 0 Å². The molecule has 0 aliphatic carbocycles. The molecular formula is C22H22N2O3S. The van der Waals surface area contributed by atoms with Gasteiger partial charge in [0.1, 0.15) is 0 Å². The molecule has 3 aromatic rings. The topological polar surface area (TPSA) is 69.0 Å². The van der Waals surface area contributed by atoms with Crippen LogP contribution >= 0.6 is 0 Å². The van der Waals surface area contributed by atoms with E-state index in [9.17, 15) is 13.2 Å². The van der Waals surface area contributed by atoms with Crippen molar-refractivity contribution in [3.05, 3.63) is 71.1 Å². The molecule has 0 spiro atoms. The van der Waals surface area contributed by atoms with Crippen LogP contribution in [0.25, 0.3) is 16.8 Å². The Morgan fingerprint density at radius 1 is 1.14 bits per heavy atom. The Labute approximate surface area is 164 Å². The van der Waals surface area contributed by atoms with Gasteiger partial charge < -0.3 is 0 Å². The largest absolute Gasteiger partial charge is 0.289 e. The molecule has 6 heteroatoms. The van der Waals surface area contributed by atoms with E-state index in [4.69, 9.17) is 0 Å². The number of hydrogen-bond acceptors (Lipinski definition) is 4. The van der Waals surface area contributed by atoms with Gasteiger partial charge in [-0.3, -0.25) is 9.48 Å². The maximum Gasteiger partial charge on any atom is 0.185 e. The van der Waals surface area contributed by atoms with Crippen LogP contribution in [0.2, 0.25) is 0 Å². The zero-order chi connectivity index (χ0) is 19.9. The van der Waals surface area contributed by atoms with Crippen molar-refractivity contribution in [1.82, 2.24) is 9.78 Å². The molecule has 5 nitrogen and oxygen atoms in total. The molecule has 28 heavy (non-hydrogen) atoms. The molecule has 0 saturated carbocycles. The molecule has 1 fully saturated rings. The minimum absolute atomic E-state index is 0.0688. The van der Waals surface area contributed by atoms with Crippen molar-refractivity contribution in [2.45, 2.75) is 26.3 Å². The second kappa shape index (κ2) is 7.02. The normalized spacial score (nSPS) is 18.9. The summed E-state index contributed by atoms with van der Waals surface area (Å²) in [4.78, 5) is 12.6. The van der Waals surface area contributed by atoms with Crippen LogP contribution in [0.1, 0.15) is 39.8 Å². The van der Waals surface area contributed by atoms with E-state index in [-0.39, 0.29) is 23.3 Å². The predicted octanol–water partition coefficient (Wildman–Crippen LogP) is 3.91. The highest BCUT2D eigenvalue weighted by Gasteiger charge is 2.31. The predicted molar refractivity (Wildman–Crippen MR) is 111 cm³/mol. The zero-order valence-corrected chi connectivity index (χ0v) is 16.7. The van der Waals surface area contributed by atoms with Crippen molar-refractivity contribution in [3.63, 3.8) is 0 Å². The first kappa shape index (κ1) is 18.6. The Kier molecular flexibility index (Phi) is 4.67. The lowest BCUT2D eigenvalue weighted by atomic mass is 10.0. The minimum Gasteiger partial charge on any atom is -0.289 e. The van der Waals surface area contributed by atoms with Gasteiger partial charge in [-0.25, -0.2) is 8.42 Å². The van der Waals surface area contributed by atoms with Crippen molar-refractivity contribution in [2.75, 3.05) is 11.5 Å². The third-order valence-corrected chi connectivity index (χ3v) is 7.12. The maximum absolute atomic E-state index is 12.6. The number of ketones is 1. The third-order valence-electron chi connectivity index (χ3n) is 5.37. The van der Waals surface area contributed by atoms with Gasteiger partial charge in [-0.05, 0) is 49.3 Å². The maximum atomic E-state index is 12.6. The number of rotatable bonds is 4. The summed E-state index contributed by atoms with van der Waals surface area (Å²) < 4.78 is 25.4. The van der Waals surface area contributed by atoms with Gasteiger partial charge in [0.15, 0.2) is 15.6 Å². The fraction of sp³-hybridized carbons (Fsp3) is 0.273. The van der Waals surface area contributed by atoms with Gasteiger partial charge >= 0.3 is 0 Å². The van der Waals surface area contributed by atoms with Crippen molar-refractivity contribution in [1.29, 1.82) is 0 Å². The van der Waals surface area contributed by atoms with Gasteiger partial charge in [-0.15, -0.1) is 0 Å². The number of benzene rings is 2. The summed E-state index contributed by atoms with van der Waals surface area (Å²) in [7, 11) is -2.98. The Morgan fingerprint density at radius 2 is 1.89 bits per heavy atom. The molecule has 1 aromatic heterocycles. The molecule has 0 unspecified atom stereocenters. The summed E-state index contributed by atoms with van der Waals surface area (Å²) >= 11 is 0. The standard InChI is InChI=1S/C22H22N2O3S/c1-15-21(16(2)24(23-15)20-11-12-28(26,27)14-20)9-10-22(25)19-8-7-17-5-3-4-6-18(17)13-19/h3-10,13,20H,11-12,14H2,1-2H3/b10-9+/t20-/m1/s1. The highest BCUT2D eigenvalue weighted by atomic mass is 32.2. The van der Waals surface area contributed by atoms with E-state index < -0.39 is 9.84 Å². The molecule has 144 valence electrons. The quantitative estimate of drug-likeness (QED) is 0.497. The van der Waals surface area contributed by atoms with Crippen LogP contribution < -0.4 is 0 Å².